The molecule has 0 aromatic heterocycles. The molecule has 2 fully saturated rings. The van der Waals surface area contributed by atoms with Crippen LogP contribution in [-0.2, 0) is 28.5 Å². The van der Waals surface area contributed by atoms with Crippen molar-refractivity contribution < 1.29 is 54.1 Å². The largest absolute Gasteiger partial charge is 0.478 e. The predicted octanol–water partition coefficient (Wildman–Crippen LogP) is -1.67. The number of carbonyl (C=O) groups excluding carboxylic acids is 1. The fourth-order valence-corrected chi connectivity index (χ4v) is 4.31. The number of aliphatic carboxylic acids is 1. The van der Waals surface area contributed by atoms with E-state index >= 15 is 0 Å². The first-order valence-corrected chi connectivity index (χ1v) is 9.37. The number of rotatable bonds is 5. The quantitative estimate of drug-likeness (QED) is 0.323. The third kappa shape index (κ3) is 4.11. The third-order valence-electron chi connectivity index (χ3n) is 5.86. The minimum Gasteiger partial charge on any atom is -0.478 e. The summed E-state index contributed by atoms with van der Waals surface area (Å²) in [6.07, 6.45) is -7.67. The number of hydrogen-bond donors (Lipinski definition) is 5. The Bertz CT molecular complexity index is 664. The summed E-state index contributed by atoms with van der Waals surface area (Å²) in [5.74, 6) is -3.34. The second-order valence-electron chi connectivity index (χ2n) is 7.65. The van der Waals surface area contributed by atoms with E-state index in [4.69, 9.17) is 18.9 Å². The minimum atomic E-state index is -1.59. The van der Waals surface area contributed by atoms with E-state index in [9.17, 15) is 35.1 Å². The number of esters is 1. The Morgan fingerprint density at radius 1 is 1.21 bits per heavy atom. The lowest BCUT2D eigenvalue weighted by atomic mass is 9.83. The van der Waals surface area contributed by atoms with Gasteiger partial charge in [0.25, 0.3) is 0 Å². The molecule has 3 aliphatic rings. The molecule has 0 radical (unpaired) electrons. The summed E-state index contributed by atoms with van der Waals surface area (Å²) >= 11 is 0. The topological polar surface area (TPSA) is 172 Å². The molecule has 0 aromatic carbocycles. The monoisotopic (exact) mass is 418 g/mol. The number of aliphatic hydroxyl groups excluding tert-OH is 4. The molecule has 1 saturated carbocycles. The summed E-state index contributed by atoms with van der Waals surface area (Å²) in [4.78, 5) is 22.8. The highest BCUT2D eigenvalue weighted by Crippen LogP contribution is 2.47. The second-order valence-corrected chi connectivity index (χ2v) is 7.65. The lowest BCUT2D eigenvalue weighted by Gasteiger charge is -2.43. The van der Waals surface area contributed by atoms with Gasteiger partial charge >= 0.3 is 11.9 Å². The lowest BCUT2D eigenvalue weighted by Crippen LogP contribution is -2.61. The molecule has 0 spiro atoms. The minimum absolute atomic E-state index is 0.0183. The van der Waals surface area contributed by atoms with E-state index in [-0.39, 0.29) is 17.9 Å². The van der Waals surface area contributed by atoms with Crippen molar-refractivity contribution in [2.24, 2.45) is 17.8 Å². The van der Waals surface area contributed by atoms with Crippen molar-refractivity contribution in [2.75, 3.05) is 6.61 Å². The van der Waals surface area contributed by atoms with Crippen LogP contribution in [0.2, 0.25) is 0 Å². The van der Waals surface area contributed by atoms with Crippen molar-refractivity contribution in [3.05, 3.63) is 11.8 Å². The third-order valence-corrected chi connectivity index (χ3v) is 5.86. The second kappa shape index (κ2) is 8.54. The van der Waals surface area contributed by atoms with Crippen LogP contribution in [0.3, 0.4) is 0 Å². The van der Waals surface area contributed by atoms with E-state index in [2.05, 4.69) is 0 Å². The zero-order valence-corrected chi connectivity index (χ0v) is 16.0. The van der Waals surface area contributed by atoms with Gasteiger partial charge in [-0.15, -0.1) is 0 Å². The van der Waals surface area contributed by atoms with E-state index in [0.29, 0.717) is 0 Å². The number of carbonyl (C=O) groups is 2. The van der Waals surface area contributed by atoms with Crippen LogP contribution in [0.1, 0.15) is 20.3 Å². The molecule has 3 rings (SSSR count). The zero-order chi connectivity index (χ0) is 21.5. The molecule has 0 aromatic rings. The standard InChI is InChI=1S/C18H26O11/c1-6-10(21)3-8-9(16(24)25)5-26-17(12(6)8)29-18-14(23)15(27-7(2)20)13(22)11(4-19)28-18/h5-6,8,10-15,17-19,21-23H,3-4H2,1-2H3,(H,24,25). The summed E-state index contributed by atoms with van der Waals surface area (Å²) in [6, 6.07) is 0. The van der Waals surface area contributed by atoms with Crippen molar-refractivity contribution >= 4 is 11.9 Å². The van der Waals surface area contributed by atoms with Crippen LogP contribution in [0.5, 0.6) is 0 Å². The maximum absolute atomic E-state index is 11.5. The zero-order valence-electron chi connectivity index (χ0n) is 16.0. The summed E-state index contributed by atoms with van der Waals surface area (Å²) < 4.78 is 21.6. The van der Waals surface area contributed by atoms with Crippen molar-refractivity contribution in [3.8, 4) is 0 Å². The fraction of sp³-hybridized carbons (Fsp3) is 0.778. The van der Waals surface area contributed by atoms with Gasteiger partial charge in [0.2, 0.25) is 6.29 Å². The molecule has 5 N–H and O–H groups in total. The van der Waals surface area contributed by atoms with Gasteiger partial charge in [-0.3, -0.25) is 4.79 Å². The van der Waals surface area contributed by atoms with Gasteiger partial charge in [0.05, 0.1) is 24.5 Å². The number of aliphatic hydroxyl groups is 4. The Morgan fingerprint density at radius 2 is 1.90 bits per heavy atom. The molecule has 0 amide bonds. The average Bonchev–Trinajstić information content (AvgIpc) is 2.95. The van der Waals surface area contributed by atoms with Crippen LogP contribution in [0.25, 0.3) is 0 Å². The van der Waals surface area contributed by atoms with E-state index in [1.807, 2.05) is 0 Å². The normalized spacial score (nSPS) is 44.4. The number of carboxylic acid groups (broad SMARTS) is 1. The van der Waals surface area contributed by atoms with Crippen molar-refractivity contribution in [1.82, 2.24) is 0 Å². The number of carboxylic acids is 1. The molecule has 164 valence electrons. The molecule has 0 bridgehead atoms. The summed E-state index contributed by atoms with van der Waals surface area (Å²) in [5, 5.41) is 49.7. The highest BCUT2D eigenvalue weighted by atomic mass is 16.8. The molecule has 10 atom stereocenters. The molecule has 10 unspecified atom stereocenters. The van der Waals surface area contributed by atoms with Gasteiger partial charge in [0, 0.05) is 18.8 Å². The summed E-state index contributed by atoms with van der Waals surface area (Å²) in [7, 11) is 0. The van der Waals surface area contributed by atoms with Crippen LogP contribution in [0.15, 0.2) is 11.8 Å². The summed E-state index contributed by atoms with van der Waals surface area (Å²) in [5.41, 5.74) is 0.0183. The Balaban J connectivity index is 1.82. The Labute approximate surface area is 166 Å². The van der Waals surface area contributed by atoms with Gasteiger partial charge in [0.15, 0.2) is 12.4 Å². The van der Waals surface area contributed by atoms with Crippen LogP contribution in [-0.4, -0.2) is 87.2 Å². The van der Waals surface area contributed by atoms with E-state index in [1.54, 1.807) is 6.92 Å². The van der Waals surface area contributed by atoms with Crippen molar-refractivity contribution in [2.45, 2.75) is 63.4 Å². The molecule has 11 nitrogen and oxygen atoms in total. The summed E-state index contributed by atoms with van der Waals surface area (Å²) in [6.45, 7) is 2.22. The molecular weight excluding hydrogens is 392 g/mol. The molecule has 11 heteroatoms. The Kier molecular flexibility index (Phi) is 6.46. The van der Waals surface area contributed by atoms with E-state index in [0.717, 1.165) is 13.2 Å². The Hall–Kier alpha value is -1.76. The maximum atomic E-state index is 11.5. The molecule has 2 aliphatic heterocycles. The van der Waals surface area contributed by atoms with E-state index in [1.165, 1.54) is 0 Å². The maximum Gasteiger partial charge on any atom is 0.334 e. The molecular formula is C18H26O11. The number of ether oxygens (including phenoxy) is 4. The first-order valence-electron chi connectivity index (χ1n) is 9.37. The van der Waals surface area contributed by atoms with Gasteiger partial charge in [-0.1, -0.05) is 6.92 Å². The lowest BCUT2D eigenvalue weighted by molar-refractivity contribution is -0.343. The van der Waals surface area contributed by atoms with Crippen molar-refractivity contribution in [1.29, 1.82) is 0 Å². The molecule has 1 aliphatic carbocycles. The highest BCUT2D eigenvalue weighted by Gasteiger charge is 2.53. The smallest absolute Gasteiger partial charge is 0.334 e. The highest BCUT2D eigenvalue weighted by molar-refractivity contribution is 5.87. The van der Waals surface area contributed by atoms with Crippen LogP contribution in [0, 0.1) is 17.8 Å². The van der Waals surface area contributed by atoms with E-state index < -0.39 is 73.5 Å². The predicted molar refractivity (Wildman–Crippen MR) is 91.8 cm³/mol. The number of hydrogen-bond acceptors (Lipinski definition) is 10. The van der Waals surface area contributed by atoms with Crippen LogP contribution in [0.4, 0.5) is 0 Å². The fourth-order valence-electron chi connectivity index (χ4n) is 4.31. The van der Waals surface area contributed by atoms with Gasteiger partial charge in [-0.05, 0) is 12.3 Å². The van der Waals surface area contributed by atoms with Gasteiger partial charge in [0.1, 0.15) is 18.3 Å². The Morgan fingerprint density at radius 3 is 2.48 bits per heavy atom. The molecule has 2 heterocycles. The van der Waals surface area contributed by atoms with Gasteiger partial charge in [-0.25, -0.2) is 4.79 Å². The SMILES string of the molecule is CC(=O)OC1C(O)C(CO)OC(OC2OC=C(C(=O)O)C3CC(O)C(C)C23)C1O. The van der Waals surface area contributed by atoms with Crippen LogP contribution < -0.4 is 0 Å². The van der Waals surface area contributed by atoms with Gasteiger partial charge in [-0.2, -0.15) is 0 Å². The van der Waals surface area contributed by atoms with Crippen molar-refractivity contribution in [3.63, 3.8) is 0 Å². The first-order chi connectivity index (χ1) is 13.6. The first kappa shape index (κ1) is 21.9. The van der Waals surface area contributed by atoms with Gasteiger partial charge < -0.3 is 44.5 Å². The average molecular weight is 418 g/mol. The number of fused-ring (bicyclic) bond motifs is 1. The molecule has 1 saturated heterocycles. The molecule has 29 heavy (non-hydrogen) atoms. The van der Waals surface area contributed by atoms with Crippen LogP contribution >= 0.6 is 0 Å².